The van der Waals surface area contributed by atoms with Crippen LogP contribution in [-0.4, -0.2) is 30.4 Å². The normalized spacial score (nSPS) is 13.7. The summed E-state index contributed by atoms with van der Waals surface area (Å²) in [5.41, 5.74) is -0.353. The minimum absolute atomic E-state index is 0.109. The fourth-order valence-electron chi connectivity index (χ4n) is 2.92. The first kappa shape index (κ1) is 21.0. The molecular weight excluding hydrogens is 384 g/mol. The van der Waals surface area contributed by atoms with Crippen molar-refractivity contribution in [2.24, 2.45) is 0 Å². The highest BCUT2D eigenvalue weighted by Gasteiger charge is 2.41. The first-order valence-corrected chi connectivity index (χ1v) is 9.48. The van der Waals surface area contributed by atoms with Gasteiger partial charge in [0.15, 0.2) is 0 Å². The Hall–Kier alpha value is -3.67. The number of ether oxygens (including phenoxy) is 2. The monoisotopic (exact) mass is 406 g/mol. The Bertz CT molecular complexity index is 995. The molecule has 0 aliphatic heterocycles. The van der Waals surface area contributed by atoms with Gasteiger partial charge in [-0.05, 0) is 38.1 Å². The van der Waals surface area contributed by atoms with Gasteiger partial charge in [0, 0.05) is 5.56 Å². The van der Waals surface area contributed by atoms with E-state index in [9.17, 15) is 14.4 Å². The van der Waals surface area contributed by atoms with Crippen molar-refractivity contribution in [2.45, 2.75) is 25.4 Å². The van der Waals surface area contributed by atoms with Crippen molar-refractivity contribution in [2.75, 3.05) is 6.61 Å². The topological polar surface area (TPSA) is 82.8 Å². The van der Waals surface area contributed by atoms with E-state index in [4.69, 9.17) is 13.9 Å². The summed E-state index contributed by atoms with van der Waals surface area (Å²) in [4.78, 5) is 37.2. The third kappa shape index (κ3) is 4.66. The zero-order valence-corrected chi connectivity index (χ0v) is 16.7. The highest BCUT2D eigenvalue weighted by molar-refractivity contribution is 6.40. The Morgan fingerprint density at radius 1 is 0.900 bits per heavy atom. The number of rotatable bonds is 8. The van der Waals surface area contributed by atoms with Gasteiger partial charge in [-0.25, -0.2) is 9.59 Å². The molecule has 0 saturated carbocycles. The number of hydrogen-bond donors (Lipinski definition) is 0. The fraction of sp³-hybridized carbons (Fsp3) is 0.208. The molecule has 0 spiro atoms. The number of carbonyl (C=O) groups excluding carboxylic acids is 3. The van der Waals surface area contributed by atoms with Gasteiger partial charge in [-0.15, -0.1) is 0 Å². The van der Waals surface area contributed by atoms with E-state index in [-0.39, 0.29) is 12.2 Å². The second-order valence-electron chi connectivity index (χ2n) is 7.08. The Balaban J connectivity index is 1.75. The molecule has 1 aromatic heterocycles. The summed E-state index contributed by atoms with van der Waals surface area (Å²) in [6, 6.07) is 20.1. The number of benzene rings is 2. The van der Waals surface area contributed by atoms with Crippen LogP contribution in [0.1, 0.15) is 40.3 Å². The summed E-state index contributed by atoms with van der Waals surface area (Å²) in [5.74, 6) is -1.77. The van der Waals surface area contributed by atoms with Crippen molar-refractivity contribution in [3.8, 4) is 0 Å². The number of ketones is 1. The molecule has 0 aliphatic carbocycles. The second kappa shape index (κ2) is 9.22. The lowest BCUT2D eigenvalue weighted by atomic mass is 9.83. The lowest BCUT2D eigenvalue weighted by Gasteiger charge is -2.32. The Morgan fingerprint density at radius 3 is 2.07 bits per heavy atom. The predicted octanol–water partition coefficient (Wildman–Crippen LogP) is 4.21. The Morgan fingerprint density at radius 2 is 1.50 bits per heavy atom. The number of Topliss-reactive ketones (excluding diaryl/α,β-unsaturated/α-hetero) is 1. The Kier molecular flexibility index (Phi) is 6.47. The molecule has 3 aromatic rings. The molecule has 0 saturated heterocycles. The van der Waals surface area contributed by atoms with Gasteiger partial charge in [-0.2, -0.15) is 0 Å². The van der Waals surface area contributed by atoms with Gasteiger partial charge in [0.2, 0.25) is 0 Å². The summed E-state index contributed by atoms with van der Waals surface area (Å²) in [6.45, 7) is 3.27. The van der Waals surface area contributed by atoms with E-state index in [1.54, 1.807) is 86.6 Å². The minimum atomic E-state index is -0.999. The highest BCUT2D eigenvalue weighted by Crippen LogP contribution is 2.31. The Labute approximate surface area is 174 Å². The predicted molar refractivity (Wildman–Crippen MR) is 109 cm³/mol. The zero-order valence-electron chi connectivity index (χ0n) is 16.7. The van der Waals surface area contributed by atoms with E-state index in [0.717, 1.165) is 0 Å². The van der Waals surface area contributed by atoms with Crippen LogP contribution in [0.2, 0.25) is 0 Å². The van der Waals surface area contributed by atoms with Gasteiger partial charge >= 0.3 is 11.9 Å². The molecule has 0 aliphatic rings. The first-order chi connectivity index (χ1) is 14.4. The maximum Gasteiger partial charge on any atom is 0.379 e. The van der Waals surface area contributed by atoms with Crippen molar-refractivity contribution in [1.29, 1.82) is 0 Å². The lowest BCUT2D eigenvalue weighted by Crippen LogP contribution is -2.43. The summed E-state index contributed by atoms with van der Waals surface area (Å²) in [6.07, 6.45) is 0.670. The average Bonchev–Trinajstić information content (AvgIpc) is 3.33. The molecule has 0 amide bonds. The van der Waals surface area contributed by atoms with Gasteiger partial charge in [0.25, 0.3) is 5.78 Å². The molecule has 0 fully saturated rings. The van der Waals surface area contributed by atoms with Crippen LogP contribution < -0.4 is 0 Å². The van der Waals surface area contributed by atoms with Gasteiger partial charge < -0.3 is 13.9 Å². The molecule has 0 bridgehead atoms. The molecule has 2 aromatic carbocycles. The van der Waals surface area contributed by atoms with E-state index in [0.29, 0.717) is 11.3 Å². The molecule has 1 heterocycles. The van der Waals surface area contributed by atoms with Crippen LogP contribution >= 0.6 is 0 Å². The summed E-state index contributed by atoms with van der Waals surface area (Å²) >= 11 is 0. The minimum Gasteiger partial charge on any atom is -0.468 e. The SMILES string of the molecule is CC(OC(=O)C(=O)c1ccccc1)C(C)(COC(=O)c1ccccc1)c1ccco1. The van der Waals surface area contributed by atoms with Gasteiger partial charge in [0.05, 0.1) is 17.2 Å². The maximum absolute atomic E-state index is 12.4. The average molecular weight is 406 g/mol. The lowest BCUT2D eigenvalue weighted by molar-refractivity contribution is -0.147. The van der Waals surface area contributed by atoms with Crippen molar-refractivity contribution in [3.63, 3.8) is 0 Å². The second-order valence-corrected chi connectivity index (χ2v) is 7.08. The van der Waals surface area contributed by atoms with E-state index in [2.05, 4.69) is 0 Å². The molecule has 3 rings (SSSR count). The van der Waals surface area contributed by atoms with E-state index >= 15 is 0 Å². The quantitative estimate of drug-likeness (QED) is 0.317. The highest BCUT2D eigenvalue weighted by atomic mass is 16.6. The third-order valence-electron chi connectivity index (χ3n) is 5.00. The zero-order chi connectivity index (χ0) is 21.6. The molecule has 30 heavy (non-hydrogen) atoms. The molecule has 2 atom stereocenters. The van der Waals surface area contributed by atoms with E-state index < -0.39 is 29.2 Å². The number of furan rings is 1. The first-order valence-electron chi connectivity index (χ1n) is 9.48. The van der Waals surface area contributed by atoms with Crippen LogP contribution in [0.4, 0.5) is 0 Å². The molecular formula is C24H22O6. The third-order valence-corrected chi connectivity index (χ3v) is 5.00. The summed E-state index contributed by atoms with van der Waals surface area (Å²) in [5, 5.41) is 0. The van der Waals surface area contributed by atoms with E-state index in [1.807, 2.05) is 0 Å². The smallest absolute Gasteiger partial charge is 0.379 e. The van der Waals surface area contributed by atoms with E-state index in [1.165, 1.54) is 6.26 Å². The van der Waals surface area contributed by atoms with Gasteiger partial charge in [0.1, 0.15) is 18.5 Å². The molecule has 6 heteroatoms. The summed E-state index contributed by atoms with van der Waals surface area (Å²) in [7, 11) is 0. The van der Waals surface area contributed by atoms with Crippen molar-refractivity contribution >= 4 is 17.7 Å². The van der Waals surface area contributed by atoms with Crippen LogP contribution in [0.15, 0.2) is 83.5 Å². The van der Waals surface area contributed by atoms with Crippen molar-refractivity contribution in [1.82, 2.24) is 0 Å². The van der Waals surface area contributed by atoms with Crippen LogP contribution in [-0.2, 0) is 19.7 Å². The number of carbonyl (C=O) groups is 3. The van der Waals surface area contributed by atoms with Crippen LogP contribution in [0.25, 0.3) is 0 Å². The fourth-order valence-corrected chi connectivity index (χ4v) is 2.92. The standard InChI is InChI=1S/C24H22O6/c1-17(30-23(27)21(25)18-10-5-3-6-11-18)24(2,20-14-9-15-28-20)16-29-22(26)19-12-7-4-8-13-19/h3-15,17H,16H2,1-2H3. The van der Waals surface area contributed by atoms with Crippen LogP contribution in [0, 0.1) is 0 Å². The molecule has 6 nitrogen and oxygen atoms in total. The largest absolute Gasteiger partial charge is 0.468 e. The summed E-state index contributed by atoms with van der Waals surface area (Å²) < 4.78 is 16.5. The molecule has 2 unspecified atom stereocenters. The van der Waals surface area contributed by atoms with Crippen molar-refractivity contribution in [3.05, 3.63) is 95.9 Å². The maximum atomic E-state index is 12.4. The molecule has 0 radical (unpaired) electrons. The van der Waals surface area contributed by atoms with Crippen molar-refractivity contribution < 1.29 is 28.3 Å². The number of esters is 2. The van der Waals surface area contributed by atoms with Crippen LogP contribution in [0.5, 0.6) is 0 Å². The van der Waals surface area contributed by atoms with Gasteiger partial charge in [-0.1, -0.05) is 48.5 Å². The molecule has 0 N–H and O–H groups in total. The molecule has 154 valence electrons. The number of hydrogen-bond acceptors (Lipinski definition) is 6. The van der Waals surface area contributed by atoms with Gasteiger partial charge in [-0.3, -0.25) is 4.79 Å². The van der Waals surface area contributed by atoms with Crippen LogP contribution in [0.3, 0.4) is 0 Å².